The number of nitrogen functional groups attached to an aromatic ring is 1. The van der Waals surface area contributed by atoms with Crippen molar-refractivity contribution in [1.82, 2.24) is 29.6 Å². The predicted molar refractivity (Wildman–Crippen MR) is 140 cm³/mol. The first-order chi connectivity index (χ1) is 18.2. The van der Waals surface area contributed by atoms with E-state index in [9.17, 15) is 4.79 Å². The molecule has 0 radical (unpaired) electrons. The van der Waals surface area contributed by atoms with E-state index >= 15 is 0 Å². The lowest BCUT2D eigenvalue weighted by molar-refractivity contribution is 0.0674. The van der Waals surface area contributed by atoms with Crippen LogP contribution in [0.1, 0.15) is 29.2 Å². The number of ether oxygens (including phenoxy) is 1. The molecule has 1 saturated heterocycles. The van der Waals surface area contributed by atoms with Gasteiger partial charge in [0.1, 0.15) is 29.3 Å². The molecule has 184 valence electrons. The molecule has 1 unspecified atom stereocenters. The number of para-hydroxylation sites is 1. The fourth-order valence-corrected chi connectivity index (χ4v) is 4.77. The van der Waals surface area contributed by atoms with Crippen LogP contribution in [0.25, 0.3) is 22.3 Å². The molecule has 1 aliphatic heterocycles. The van der Waals surface area contributed by atoms with Crippen LogP contribution < -0.4 is 10.5 Å². The number of likely N-dealkylation sites (tertiary alicyclic amines) is 1. The van der Waals surface area contributed by atoms with Crippen molar-refractivity contribution >= 4 is 22.8 Å². The number of rotatable bonds is 5. The molecular formula is C28H25N7O2. The van der Waals surface area contributed by atoms with Gasteiger partial charge in [-0.15, -0.1) is 0 Å². The molecule has 2 N–H and O–H groups in total. The third-order valence-electron chi connectivity index (χ3n) is 6.56. The van der Waals surface area contributed by atoms with Crippen LogP contribution in [0.15, 0.2) is 85.5 Å². The summed E-state index contributed by atoms with van der Waals surface area (Å²) < 4.78 is 7.84. The van der Waals surface area contributed by atoms with E-state index in [0.717, 1.165) is 29.9 Å². The summed E-state index contributed by atoms with van der Waals surface area (Å²) in [6.07, 6.45) is 6.46. The highest BCUT2D eigenvalue weighted by molar-refractivity contribution is 5.98. The second-order valence-electron chi connectivity index (χ2n) is 8.98. The van der Waals surface area contributed by atoms with Crippen LogP contribution in [0.2, 0.25) is 0 Å². The molecule has 37 heavy (non-hydrogen) atoms. The van der Waals surface area contributed by atoms with Crippen LogP contribution in [0.5, 0.6) is 11.5 Å². The van der Waals surface area contributed by atoms with Gasteiger partial charge in [0.05, 0.1) is 17.0 Å². The van der Waals surface area contributed by atoms with Gasteiger partial charge in [0.2, 0.25) is 0 Å². The lowest BCUT2D eigenvalue weighted by atomic mass is 10.0. The number of nitrogens with zero attached hydrogens (tertiary/aromatic N) is 6. The number of carbonyl (C=O) groups is 1. The molecular weight excluding hydrogens is 466 g/mol. The van der Waals surface area contributed by atoms with E-state index in [-0.39, 0.29) is 11.9 Å². The fourth-order valence-electron chi connectivity index (χ4n) is 4.77. The first-order valence-electron chi connectivity index (χ1n) is 12.2. The minimum absolute atomic E-state index is 0.0300. The summed E-state index contributed by atoms with van der Waals surface area (Å²) in [6.45, 7) is 1.22. The van der Waals surface area contributed by atoms with Gasteiger partial charge in [0, 0.05) is 31.0 Å². The van der Waals surface area contributed by atoms with Gasteiger partial charge in [0.15, 0.2) is 5.65 Å². The standard InChI is InChI=1S/C28H25N7O2/c29-26-24-25(19-10-12-23(13-11-19)37-22-8-2-1-3-9-22)33-35(27(24)32-18-31-26)21-7-5-15-34(17-21)28(36)20-6-4-14-30-16-20/h1-4,6,8-14,16,18,21H,5,7,15,17H2,(H2,29,31,32). The fraction of sp³-hybridized carbons (Fsp3) is 0.179. The summed E-state index contributed by atoms with van der Waals surface area (Å²) >= 11 is 0. The van der Waals surface area contributed by atoms with E-state index in [1.165, 1.54) is 6.33 Å². The van der Waals surface area contributed by atoms with E-state index in [1.54, 1.807) is 24.5 Å². The van der Waals surface area contributed by atoms with E-state index in [0.29, 0.717) is 41.2 Å². The number of benzene rings is 2. The van der Waals surface area contributed by atoms with Gasteiger partial charge in [-0.05, 0) is 61.4 Å². The molecule has 9 heteroatoms. The lowest BCUT2D eigenvalue weighted by Gasteiger charge is -2.33. The molecule has 0 aliphatic carbocycles. The van der Waals surface area contributed by atoms with Crippen molar-refractivity contribution in [2.75, 3.05) is 18.8 Å². The average molecular weight is 492 g/mol. The minimum atomic E-state index is -0.0411. The summed E-state index contributed by atoms with van der Waals surface area (Å²) in [5.74, 6) is 1.83. The Balaban J connectivity index is 1.32. The molecule has 0 bridgehead atoms. The molecule has 0 spiro atoms. The van der Waals surface area contributed by atoms with Gasteiger partial charge in [-0.25, -0.2) is 14.6 Å². The maximum Gasteiger partial charge on any atom is 0.255 e. The monoisotopic (exact) mass is 491 g/mol. The Morgan fingerprint density at radius 1 is 0.973 bits per heavy atom. The number of hydrogen-bond donors (Lipinski definition) is 1. The van der Waals surface area contributed by atoms with Crippen molar-refractivity contribution in [1.29, 1.82) is 0 Å². The number of carbonyl (C=O) groups excluding carboxylic acids is 1. The van der Waals surface area contributed by atoms with E-state index < -0.39 is 0 Å². The Labute approximate surface area is 213 Å². The SMILES string of the molecule is Nc1ncnc2c1c(-c1ccc(Oc3ccccc3)cc1)nn2C1CCCN(C(=O)c2cccnc2)C1. The van der Waals surface area contributed by atoms with Crippen molar-refractivity contribution in [3.8, 4) is 22.8 Å². The molecule has 5 aromatic rings. The summed E-state index contributed by atoms with van der Waals surface area (Å²) in [4.78, 5) is 27.8. The Kier molecular flexibility index (Phi) is 5.94. The Bertz CT molecular complexity index is 1540. The van der Waals surface area contributed by atoms with Crippen LogP contribution in [-0.4, -0.2) is 48.6 Å². The molecule has 2 aromatic carbocycles. The van der Waals surface area contributed by atoms with Crippen LogP contribution in [0.3, 0.4) is 0 Å². The Morgan fingerprint density at radius 3 is 2.57 bits per heavy atom. The van der Waals surface area contributed by atoms with Crippen LogP contribution in [-0.2, 0) is 0 Å². The number of anilines is 1. The first kappa shape index (κ1) is 22.7. The van der Waals surface area contributed by atoms with Crippen molar-refractivity contribution in [3.63, 3.8) is 0 Å². The Hall–Kier alpha value is -4.79. The smallest absolute Gasteiger partial charge is 0.255 e. The highest BCUT2D eigenvalue weighted by Gasteiger charge is 2.29. The molecule has 3 aromatic heterocycles. The highest BCUT2D eigenvalue weighted by atomic mass is 16.5. The molecule has 6 rings (SSSR count). The maximum atomic E-state index is 13.1. The zero-order valence-electron chi connectivity index (χ0n) is 20.1. The number of nitrogens with two attached hydrogens (primary N) is 1. The van der Waals surface area contributed by atoms with Crippen LogP contribution in [0, 0.1) is 0 Å². The van der Waals surface area contributed by atoms with Crippen molar-refractivity contribution < 1.29 is 9.53 Å². The summed E-state index contributed by atoms with van der Waals surface area (Å²) in [5, 5.41) is 5.67. The third kappa shape index (κ3) is 4.47. The van der Waals surface area contributed by atoms with E-state index in [1.807, 2.05) is 64.2 Å². The maximum absolute atomic E-state index is 13.1. The van der Waals surface area contributed by atoms with Crippen LogP contribution >= 0.6 is 0 Å². The first-order valence-corrected chi connectivity index (χ1v) is 12.2. The normalized spacial score (nSPS) is 15.6. The lowest BCUT2D eigenvalue weighted by Crippen LogP contribution is -2.41. The van der Waals surface area contributed by atoms with E-state index in [2.05, 4.69) is 15.0 Å². The quantitative estimate of drug-likeness (QED) is 0.378. The zero-order chi connectivity index (χ0) is 25.2. The number of fused-ring (bicyclic) bond motifs is 1. The predicted octanol–water partition coefficient (Wildman–Crippen LogP) is 4.74. The topological polar surface area (TPSA) is 112 Å². The van der Waals surface area contributed by atoms with Gasteiger partial charge in [0.25, 0.3) is 5.91 Å². The zero-order valence-corrected chi connectivity index (χ0v) is 20.1. The van der Waals surface area contributed by atoms with E-state index in [4.69, 9.17) is 15.6 Å². The molecule has 0 saturated carbocycles. The van der Waals surface area contributed by atoms with Gasteiger partial charge in [-0.1, -0.05) is 18.2 Å². The molecule has 4 heterocycles. The minimum Gasteiger partial charge on any atom is -0.457 e. The number of piperidine rings is 1. The largest absolute Gasteiger partial charge is 0.457 e. The van der Waals surface area contributed by atoms with Gasteiger partial charge >= 0.3 is 0 Å². The molecule has 1 amide bonds. The van der Waals surface area contributed by atoms with Gasteiger partial charge in [-0.2, -0.15) is 5.10 Å². The van der Waals surface area contributed by atoms with Crippen LogP contribution in [0.4, 0.5) is 5.82 Å². The van der Waals surface area contributed by atoms with Gasteiger partial charge in [-0.3, -0.25) is 9.78 Å². The Morgan fingerprint density at radius 2 is 1.78 bits per heavy atom. The summed E-state index contributed by atoms with van der Waals surface area (Å²) in [5.41, 5.74) is 9.15. The molecule has 9 nitrogen and oxygen atoms in total. The van der Waals surface area contributed by atoms with Crippen molar-refractivity contribution in [2.24, 2.45) is 0 Å². The van der Waals surface area contributed by atoms with Crippen molar-refractivity contribution in [3.05, 3.63) is 91.0 Å². The average Bonchev–Trinajstić information content (AvgIpc) is 3.35. The molecule has 1 fully saturated rings. The molecule has 1 aliphatic rings. The number of pyridine rings is 1. The number of aromatic nitrogens is 5. The summed E-state index contributed by atoms with van der Waals surface area (Å²) in [6, 6.07) is 20.9. The second kappa shape index (κ2) is 9.69. The number of hydrogen-bond acceptors (Lipinski definition) is 7. The second-order valence-corrected chi connectivity index (χ2v) is 8.98. The van der Waals surface area contributed by atoms with Crippen molar-refractivity contribution in [2.45, 2.75) is 18.9 Å². The third-order valence-corrected chi connectivity index (χ3v) is 6.56. The molecule has 1 atom stereocenters. The van der Waals surface area contributed by atoms with Gasteiger partial charge < -0.3 is 15.4 Å². The number of amides is 1. The summed E-state index contributed by atoms with van der Waals surface area (Å²) in [7, 11) is 0. The highest BCUT2D eigenvalue weighted by Crippen LogP contribution is 2.35.